The molecule has 1 aromatic heterocycles. The highest BCUT2D eigenvalue weighted by Gasteiger charge is 2.18. The lowest BCUT2D eigenvalue weighted by atomic mass is 10.1. The number of aromatic nitrogens is 1. The Morgan fingerprint density at radius 2 is 1.91 bits per heavy atom. The van der Waals surface area contributed by atoms with Crippen molar-refractivity contribution in [1.82, 2.24) is 4.98 Å². The van der Waals surface area contributed by atoms with Crippen molar-refractivity contribution < 1.29 is 13.2 Å². The Kier molecular flexibility index (Phi) is 4.24. The molecule has 0 aliphatic rings. The van der Waals surface area contributed by atoms with Gasteiger partial charge in [0.05, 0.1) is 22.2 Å². The Morgan fingerprint density at radius 3 is 2.65 bits per heavy atom. The molecule has 0 radical (unpaired) electrons. The van der Waals surface area contributed by atoms with E-state index in [1.807, 2.05) is 6.07 Å². The van der Waals surface area contributed by atoms with Gasteiger partial charge >= 0.3 is 0 Å². The maximum absolute atomic E-state index is 13.7. The first-order chi connectivity index (χ1) is 11.0. The van der Waals surface area contributed by atoms with Crippen molar-refractivity contribution in [2.24, 2.45) is 0 Å². The second-order valence-corrected chi connectivity index (χ2v) is 6.30. The van der Waals surface area contributed by atoms with Crippen molar-refractivity contribution in [2.45, 2.75) is 12.8 Å². The molecule has 0 saturated heterocycles. The van der Waals surface area contributed by atoms with Crippen LogP contribution in [-0.2, 0) is 12.8 Å². The predicted octanol–water partition coefficient (Wildman–Crippen LogP) is 5.02. The molecule has 2 aromatic carbocycles. The van der Waals surface area contributed by atoms with E-state index in [9.17, 15) is 13.2 Å². The fraction of sp³-hybridized carbons (Fsp3) is 0.125. The molecule has 3 aromatic rings. The third-order valence-electron chi connectivity index (χ3n) is 3.33. The zero-order valence-electron chi connectivity index (χ0n) is 11.5. The van der Waals surface area contributed by atoms with Gasteiger partial charge in [-0.15, -0.1) is 11.3 Å². The van der Waals surface area contributed by atoms with Gasteiger partial charge in [-0.05, 0) is 11.1 Å². The van der Waals surface area contributed by atoms with Crippen LogP contribution in [0.25, 0.3) is 10.2 Å². The van der Waals surface area contributed by atoms with E-state index in [2.05, 4.69) is 4.98 Å². The zero-order valence-corrected chi connectivity index (χ0v) is 13.1. The molecule has 23 heavy (non-hydrogen) atoms. The van der Waals surface area contributed by atoms with Gasteiger partial charge in [0.1, 0.15) is 11.3 Å². The fourth-order valence-electron chi connectivity index (χ4n) is 2.26. The molecular formula is C16H8ClF3N2S. The van der Waals surface area contributed by atoms with E-state index in [1.165, 1.54) is 0 Å². The molecule has 0 amide bonds. The van der Waals surface area contributed by atoms with E-state index in [4.69, 9.17) is 16.9 Å². The second-order valence-electron chi connectivity index (χ2n) is 4.84. The molecule has 0 aliphatic carbocycles. The lowest BCUT2D eigenvalue weighted by molar-refractivity contribution is 0.504. The average molecular weight is 353 g/mol. The monoisotopic (exact) mass is 352 g/mol. The van der Waals surface area contributed by atoms with E-state index in [1.54, 1.807) is 18.2 Å². The van der Waals surface area contributed by atoms with Gasteiger partial charge in [-0.3, -0.25) is 0 Å². The zero-order chi connectivity index (χ0) is 16.6. The summed E-state index contributed by atoms with van der Waals surface area (Å²) < 4.78 is 40.7. The van der Waals surface area contributed by atoms with Gasteiger partial charge in [-0.1, -0.05) is 29.8 Å². The highest BCUT2D eigenvalue weighted by atomic mass is 35.5. The number of hydrogen-bond donors (Lipinski definition) is 0. The summed E-state index contributed by atoms with van der Waals surface area (Å²) in [6.07, 6.45) is 0.416. The number of rotatable bonds is 3. The molecule has 3 rings (SSSR count). The Hall–Kier alpha value is -2.10. The molecule has 0 saturated carbocycles. The molecule has 0 N–H and O–H groups in total. The Morgan fingerprint density at radius 1 is 1.17 bits per heavy atom. The summed E-state index contributed by atoms with van der Waals surface area (Å²) in [6.45, 7) is 0. The quantitative estimate of drug-likeness (QED) is 0.620. The predicted molar refractivity (Wildman–Crippen MR) is 83.1 cm³/mol. The van der Waals surface area contributed by atoms with Crippen molar-refractivity contribution in [3.8, 4) is 6.07 Å². The highest BCUT2D eigenvalue weighted by Crippen LogP contribution is 2.31. The van der Waals surface area contributed by atoms with Crippen LogP contribution in [-0.4, -0.2) is 4.98 Å². The van der Waals surface area contributed by atoms with E-state index in [0.29, 0.717) is 27.2 Å². The average Bonchev–Trinajstić information content (AvgIpc) is 2.94. The molecule has 0 unspecified atom stereocenters. The van der Waals surface area contributed by atoms with Gasteiger partial charge in [-0.25, -0.2) is 18.2 Å². The molecule has 116 valence electrons. The lowest BCUT2D eigenvalue weighted by Crippen LogP contribution is -1.93. The van der Waals surface area contributed by atoms with Crippen molar-refractivity contribution in [2.75, 3.05) is 0 Å². The number of thiazole rings is 1. The van der Waals surface area contributed by atoms with Crippen LogP contribution in [0.2, 0.25) is 5.02 Å². The highest BCUT2D eigenvalue weighted by molar-refractivity contribution is 7.18. The third kappa shape index (κ3) is 2.90. The fourth-order valence-corrected chi connectivity index (χ4v) is 3.51. The summed E-state index contributed by atoms with van der Waals surface area (Å²) in [5.41, 5.74) is 1.06. The number of nitrogens with zero attached hydrogens (tertiary/aromatic N) is 2. The van der Waals surface area contributed by atoms with Crippen LogP contribution in [0.15, 0.2) is 24.3 Å². The Bertz CT molecular complexity index is 947. The van der Waals surface area contributed by atoms with E-state index >= 15 is 0 Å². The molecular weight excluding hydrogens is 345 g/mol. The third-order valence-corrected chi connectivity index (χ3v) is 4.88. The van der Waals surface area contributed by atoms with Crippen molar-refractivity contribution in [3.63, 3.8) is 0 Å². The van der Waals surface area contributed by atoms with Crippen LogP contribution in [0.4, 0.5) is 13.2 Å². The minimum absolute atomic E-state index is 0.0248. The number of benzene rings is 2. The molecule has 0 fully saturated rings. The van der Waals surface area contributed by atoms with Crippen LogP contribution < -0.4 is 0 Å². The van der Waals surface area contributed by atoms with E-state index in [0.717, 1.165) is 11.3 Å². The minimum Gasteiger partial charge on any atom is -0.238 e. The van der Waals surface area contributed by atoms with Crippen molar-refractivity contribution in [1.29, 1.82) is 5.26 Å². The van der Waals surface area contributed by atoms with Crippen LogP contribution in [0.3, 0.4) is 0 Å². The van der Waals surface area contributed by atoms with Gasteiger partial charge in [0.2, 0.25) is 0 Å². The molecule has 0 aliphatic heterocycles. The van der Waals surface area contributed by atoms with Crippen molar-refractivity contribution in [3.05, 3.63) is 62.9 Å². The maximum Gasteiger partial charge on any atom is 0.186 e. The van der Waals surface area contributed by atoms with Crippen LogP contribution >= 0.6 is 22.9 Å². The number of hydrogen-bond acceptors (Lipinski definition) is 3. The second kappa shape index (κ2) is 6.19. The molecule has 7 heteroatoms. The van der Waals surface area contributed by atoms with Crippen LogP contribution in [0.1, 0.15) is 16.1 Å². The van der Waals surface area contributed by atoms with Gasteiger partial charge < -0.3 is 0 Å². The smallest absolute Gasteiger partial charge is 0.186 e. The summed E-state index contributed by atoms with van der Waals surface area (Å²) in [7, 11) is 0. The number of fused-ring (bicyclic) bond motifs is 1. The number of nitriles is 1. The summed E-state index contributed by atoms with van der Waals surface area (Å²) >= 11 is 7.19. The standard InChI is InChI=1S/C16H8ClF3N2S/c17-13-8(4-5-21)2-1-3-9(13)6-12-22-15-14(20)10(18)7-11(19)16(15)23-12/h1-3,7H,4,6H2. The van der Waals surface area contributed by atoms with Gasteiger partial charge in [-0.2, -0.15) is 5.26 Å². The Labute approximate surface area is 138 Å². The largest absolute Gasteiger partial charge is 0.238 e. The molecule has 1 heterocycles. The van der Waals surface area contributed by atoms with Gasteiger partial charge in [0.25, 0.3) is 0 Å². The maximum atomic E-state index is 13.7. The number of halogens is 4. The Balaban J connectivity index is 2.03. The van der Waals surface area contributed by atoms with Crippen LogP contribution in [0, 0.1) is 28.8 Å². The van der Waals surface area contributed by atoms with Crippen LogP contribution in [0.5, 0.6) is 0 Å². The first kappa shape index (κ1) is 15.8. The molecule has 0 spiro atoms. The minimum atomic E-state index is -1.26. The first-order valence-electron chi connectivity index (χ1n) is 6.57. The topological polar surface area (TPSA) is 36.7 Å². The van der Waals surface area contributed by atoms with Gasteiger partial charge in [0, 0.05) is 17.5 Å². The van der Waals surface area contributed by atoms with E-state index in [-0.39, 0.29) is 23.1 Å². The molecule has 0 bridgehead atoms. The first-order valence-corrected chi connectivity index (χ1v) is 7.77. The molecule has 0 atom stereocenters. The normalized spacial score (nSPS) is 10.9. The SMILES string of the molecule is N#CCc1cccc(Cc2nc3c(F)c(F)cc(F)c3s2)c1Cl. The summed E-state index contributed by atoms with van der Waals surface area (Å²) in [6, 6.07) is 7.78. The lowest BCUT2D eigenvalue weighted by Gasteiger charge is -2.05. The summed E-state index contributed by atoms with van der Waals surface area (Å²) in [4.78, 5) is 3.99. The molecule has 2 nitrogen and oxygen atoms in total. The van der Waals surface area contributed by atoms with Gasteiger partial charge in [0.15, 0.2) is 11.6 Å². The summed E-state index contributed by atoms with van der Waals surface area (Å²) in [5, 5.41) is 9.62. The summed E-state index contributed by atoms with van der Waals surface area (Å²) in [5.74, 6) is -3.26. The van der Waals surface area contributed by atoms with E-state index < -0.39 is 17.5 Å². The van der Waals surface area contributed by atoms with Crippen molar-refractivity contribution >= 4 is 33.2 Å².